The van der Waals surface area contributed by atoms with Gasteiger partial charge in [-0.25, -0.2) is 4.39 Å². The maximum atomic E-state index is 13.0. The first-order valence-corrected chi connectivity index (χ1v) is 6.32. The molecule has 0 unspecified atom stereocenters. The molecule has 0 aliphatic heterocycles. The maximum Gasteiger partial charge on any atom is 0.174 e. The van der Waals surface area contributed by atoms with Crippen LogP contribution in [-0.4, -0.2) is 6.61 Å². The van der Waals surface area contributed by atoms with Crippen LogP contribution in [0.2, 0.25) is 0 Å². The van der Waals surface area contributed by atoms with Crippen molar-refractivity contribution in [3.63, 3.8) is 0 Å². The van der Waals surface area contributed by atoms with Crippen molar-refractivity contribution < 1.29 is 9.13 Å². The summed E-state index contributed by atoms with van der Waals surface area (Å²) in [5.74, 6) is 0.461. The molecule has 2 rings (SSSR count). The third kappa shape index (κ3) is 4.08. The van der Waals surface area contributed by atoms with Gasteiger partial charge in [0.15, 0.2) is 6.61 Å². The number of ether oxygens (including phenoxy) is 1. The number of hydrogen-bond acceptors (Lipinski definition) is 3. The second-order valence-electron chi connectivity index (χ2n) is 4.29. The van der Waals surface area contributed by atoms with E-state index in [0.29, 0.717) is 18.8 Å². The average Bonchev–Trinajstić information content (AvgIpc) is 2.46. The Morgan fingerprint density at radius 3 is 2.75 bits per heavy atom. The van der Waals surface area contributed by atoms with Gasteiger partial charge in [0.05, 0.1) is 0 Å². The molecule has 4 heteroatoms. The minimum Gasteiger partial charge on any atom is -0.478 e. The summed E-state index contributed by atoms with van der Waals surface area (Å²) in [5.41, 5.74) is 1.86. The summed E-state index contributed by atoms with van der Waals surface area (Å²) in [6, 6.07) is 16.0. The van der Waals surface area contributed by atoms with Gasteiger partial charge in [-0.2, -0.15) is 5.26 Å². The van der Waals surface area contributed by atoms with Gasteiger partial charge >= 0.3 is 0 Å². The monoisotopic (exact) mass is 270 g/mol. The number of rotatable bonds is 6. The topological polar surface area (TPSA) is 45.0 Å². The molecule has 0 spiro atoms. The fourth-order valence-electron chi connectivity index (χ4n) is 1.89. The first-order chi connectivity index (χ1) is 9.79. The van der Waals surface area contributed by atoms with Crippen LogP contribution in [0.25, 0.3) is 0 Å². The summed E-state index contributed by atoms with van der Waals surface area (Å²) in [6.45, 7) is 1.20. The lowest BCUT2D eigenvalue weighted by molar-refractivity contribution is 0.362. The lowest BCUT2D eigenvalue weighted by Crippen LogP contribution is -2.13. The number of benzene rings is 2. The molecule has 0 saturated carbocycles. The van der Waals surface area contributed by atoms with Crippen molar-refractivity contribution in [2.75, 3.05) is 6.61 Å². The number of nitrogens with zero attached hydrogens (tertiary/aromatic N) is 1. The molecule has 0 atom stereocenters. The predicted octanol–water partition coefficient (Wildman–Crippen LogP) is 3.02. The third-order valence-corrected chi connectivity index (χ3v) is 2.80. The van der Waals surface area contributed by atoms with Crippen molar-refractivity contribution in [1.82, 2.24) is 5.32 Å². The largest absolute Gasteiger partial charge is 0.478 e. The molecule has 0 bridgehead atoms. The highest BCUT2D eigenvalue weighted by molar-refractivity contribution is 5.33. The van der Waals surface area contributed by atoms with E-state index in [-0.39, 0.29) is 12.4 Å². The Hall–Kier alpha value is -2.38. The van der Waals surface area contributed by atoms with Gasteiger partial charge in [0.1, 0.15) is 17.6 Å². The summed E-state index contributed by atoms with van der Waals surface area (Å²) < 4.78 is 18.4. The molecule has 0 saturated heterocycles. The summed E-state index contributed by atoms with van der Waals surface area (Å²) >= 11 is 0. The van der Waals surface area contributed by atoms with Crippen LogP contribution in [0, 0.1) is 17.1 Å². The average molecular weight is 270 g/mol. The SMILES string of the molecule is N#CCOc1ccccc1CNCc1cccc(F)c1. The fourth-order valence-corrected chi connectivity index (χ4v) is 1.89. The first-order valence-electron chi connectivity index (χ1n) is 6.32. The van der Waals surface area contributed by atoms with Crippen molar-refractivity contribution in [2.45, 2.75) is 13.1 Å². The minimum absolute atomic E-state index is 0.0287. The quantitative estimate of drug-likeness (QED) is 0.877. The molecule has 0 aliphatic rings. The van der Waals surface area contributed by atoms with Gasteiger partial charge in [0.25, 0.3) is 0 Å². The Morgan fingerprint density at radius 2 is 1.95 bits per heavy atom. The van der Waals surface area contributed by atoms with Crippen molar-refractivity contribution in [1.29, 1.82) is 5.26 Å². The lowest BCUT2D eigenvalue weighted by atomic mass is 10.2. The van der Waals surface area contributed by atoms with E-state index in [1.807, 2.05) is 36.4 Å². The van der Waals surface area contributed by atoms with Crippen molar-refractivity contribution in [3.8, 4) is 11.8 Å². The van der Waals surface area contributed by atoms with E-state index in [1.54, 1.807) is 6.07 Å². The van der Waals surface area contributed by atoms with Gasteiger partial charge in [-0.3, -0.25) is 0 Å². The van der Waals surface area contributed by atoms with Crippen molar-refractivity contribution in [2.24, 2.45) is 0 Å². The highest BCUT2D eigenvalue weighted by Crippen LogP contribution is 2.17. The van der Waals surface area contributed by atoms with Gasteiger partial charge in [0, 0.05) is 18.7 Å². The number of para-hydroxylation sites is 1. The molecular weight excluding hydrogens is 255 g/mol. The Kier molecular flexibility index (Phi) is 5.10. The molecule has 20 heavy (non-hydrogen) atoms. The van der Waals surface area contributed by atoms with Gasteiger partial charge in [-0.1, -0.05) is 30.3 Å². The van der Waals surface area contributed by atoms with Crippen LogP contribution in [0.5, 0.6) is 5.75 Å². The van der Waals surface area contributed by atoms with Gasteiger partial charge in [0.2, 0.25) is 0 Å². The standard InChI is InChI=1S/C16H15FN2O/c17-15-6-3-4-13(10-15)11-19-12-14-5-1-2-7-16(14)20-9-8-18/h1-7,10,19H,9,11-12H2. The van der Waals surface area contributed by atoms with E-state index < -0.39 is 0 Å². The summed E-state index contributed by atoms with van der Waals surface area (Å²) in [7, 11) is 0. The Labute approximate surface area is 117 Å². The van der Waals surface area contributed by atoms with Gasteiger partial charge in [-0.15, -0.1) is 0 Å². The van der Waals surface area contributed by atoms with E-state index >= 15 is 0 Å². The Balaban J connectivity index is 1.92. The Bertz CT molecular complexity index is 607. The molecular formula is C16H15FN2O. The van der Waals surface area contributed by atoms with E-state index in [4.69, 9.17) is 10.00 Å². The summed E-state index contributed by atoms with van der Waals surface area (Å²) in [6.07, 6.45) is 0. The maximum absolute atomic E-state index is 13.0. The predicted molar refractivity (Wildman–Crippen MR) is 74.5 cm³/mol. The van der Waals surface area contributed by atoms with Crippen molar-refractivity contribution in [3.05, 3.63) is 65.5 Å². The van der Waals surface area contributed by atoms with Crippen LogP contribution in [0.1, 0.15) is 11.1 Å². The van der Waals surface area contributed by atoms with E-state index in [9.17, 15) is 4.39 Å². The summed E-state index contributed by atoms with van der Waals surface area (Å²) in [4.78, 5) is 0. The zero-order valence-corrected chi connectivity index (χ0v) is 11.0. The highest BCUT2D eigenvalue weighted by Gasteiger charge is 2.02. The molecule has 0 aromatic heterocycles. The van der Waals surface area contributed by atoms with Gasteiger partial charge in [-0.05, 0) is 23.8 Å². The molecule has 0 radical (unpaired) electrons. The molecule has 0 fully saturated rings. The van der Waals surface area contributed by atoms with Crippen LogP contribution in [-0.2, 0) is 13.1 Å². The molecule has 2 aromatic rings. The fraction of sp³-hybridized carbons (Fsp3) is 0.188. The first kappa shape index (κ1) is 14.0. The molecule has 0 aliphatic carbocycles. The van der Waals surface area contributed by atoms with Crippen LogP contribution in [0.4, 0.5) is 4.39 Å². The second-order valence-corrected chi connectivity index (χ2v) is 4.29. The van der Waals surface area contributed by atoms with Crippen LogP contribution in [0.3, 0.4) is 0 Å². The number of hydrogen-bond donors (Lipinski definition) is 1. The van der Waals surface area contributed by atoms with E-state index in [2.05, 4.69) is 5.32 Å². The lowest BCUT2D eigenvalue weighted by Gasteiger charge is -2.10. The molecule has 102 valence electrons. The third-order valence-electron chi connectivity index (χ3n) is 2.80. The Morgan fingerprint density at radius 1 is 1.10 bits per heavy atom. The van der Waals surface area contributed by atoms with E-state index in [1.165, 1.54) is 12.1 Å². The van der Waals surface area contributed by atoms with Crippen LogP contribution in [0.15, 0.2) is 48.5 Å². The van der Waals surface area contributed by atoms with E-state index in [0.717, 1.165) is 11.1 Å². The van der Waals surface area contributed by atoms with Gasteiger partial charge < -0.3 is 10.1 Å². The second kappa shape index (κ2) is 7.27. The number of nitriles is 1. The van der Waals surface area contributed by atoms with Crippen molar-refractivity contribution >= 4 is 0 Å². The summed E-state index contributed by atoms with van der Waals surface area (Å²) in [5, 5.41) is 11.8. The van der Waals surface area contributed by atoms with Crippen LogP contribution < -0.4 is 10.1 Å². The molecule has 0 amide bonds. The number of halogens is 1. The number of nitrogens with one attached hydrogen (secondary N) is 1. The smallest absolute Gasteiger partial charge is 0.174 e. The molecule has 2 aromatic carbocycles. The zero-order chi connectivity index (χ0) is 14.2. The molecule has 3 nitrogen and oxygen atoms in total. The zero-order valence-electron chi connectivity index (χ0n) is 11.0. The highest BCUT2D eigenvalue weighted by atomic mass is 19.1. The molecule has 0 heterocycles. The van der Waals surface area contributed by atoms with Crippen LogP contribution >= 0.6 is 0 Å². The normalized spacial score (nSPS) is 10.0. The molecule has 1 N–H and O–H groups in total. The minimum atomic E-state index is -0.234.